The number of rotatable bonds is 5. The van der Waals surface area contributed by atoms with Crippen molar-refractivity contribution in [2.24, 2.45) is 5.92 Å². The first kappa shape index (κ1) is 11.3. The van der Waals surface area contributed by atoms with Crippen LogP contribution >= 0.6 is 0 Å². The highest BCUT2D eigenvalue weighted by molar-refractivity contribution is 7.92. The second kappa shape index (κ2) is 4.33. The van der Waals surface area contributed by atoms with Crippen molar-refractivity contribution in [2.75, 3.05) is 17.6 Å². The van der Waals surface area contributed by atoms with Gasteiger partial charge in [-0.1, -0.05) is 12.1 Å². The zero-order valence-corrected chi connectivity index (χ0v) is 9.96. The van der Waals surface area contributed by atoms with Crippen molar-refractivity contribution in [3.8, 4) is 5.75 Å². The molecular formula is C11H15NO3S. The molecule has 0 saturated heterocycles. The minimum Gasteiger partial charge on any atom is -0.491 e. The lowest BCUT2D eigenvalue weighted by atomic mass is 10.3. The highest BCUT2D eigenvalue weighted by Crippen LogP contribution is 2.31. The number of ether oxygens (including phenoxy) is 1. The van der Waals surface area contributed by atoms with E-state index in [0.29, 0.717) is 24.0 Å². The van der Waals surface area contributed by atoms with Crippen molar-refractivity contribution in [1.29, 1.82) is 0 Å². The normalized spacial score (nSPS) is 15.8. The standard InChI is InChI=1S/C11H15NO3S/c1-16(13,14)12-10-4-2-3-5-11(10)15-8-9-6-7-9/h2-5,9,12H,6-8H2,1H3. The van der Waals surface area contributed by atoms with Gasteiger partial charge < -0.3 is 4.74 Å². The van der Waals surface area contributed by atoms with E-state index in [2.05, 4.69) is 4.72 Å². The first-order valence-electron chi connectivity index (χ1n) is 5.24. The van der Waals surface area contributed by atoms with Crippen LogP contribution in [0.25, 0.3) is 0 Å². The Morgan fingerprint density at radius 3 is 2.69 bits per heavy atom. The molecular weight excluding hydrogens is 226 g/mol. The maximum absolute atomic E-state index is 11.1. The van der Waals surface area contributed by atoms with Crippen molar-refractivity contribution in [3.05, 3.63) is 24.3 Å². The molecule has 4 nitrogen and oxygen atoms in total. The maximum Gasteiger partial charge on any atom is 0.229 e. The lowest BCUT2D eigenvalue weighted by Crippen LogP contribution is -2.11. The van der Waals surface area contributed by atoms with E-state index in [1.54, 1.807) is 18.2 Å². The number of hydrogen-bond acceptors (Lipinski definition) is 3. The summed E-state index contributed by atoms with van der Waals surface area (Å²) in [6.45, 7) is 0.669. The molecule has 1 aromatic carbocycles. The smallest absolute Gasteiger partial charge is 0.229 e. The Labute approximate surface area is 95.7 Å². The van der Waals surface area contributed by atoms with Gasteiger partial charge in [-0.3, -0.25) is 4.72 Å². The molecule has 0 aromatic heterocycles. The van der Waals surface area contributed by atoms with Gasteiger partial charge in [0.2, 0.25) is 10.0 Å². The molecule has 0 radical (unpaired) electrons. The Morgan fingerprint density at radius 1 is 1.38 bits per heavy atom. The minimum absolute atomic E-state index is 0.505. The van der Waals surface area contributed by atoms with Crippen molar-refractivity contribution < 1.29 is 13.2 Å². The fourth-order valence-corrected chi connectivity index (χ4v) is 1.94. The molecule has 0 bridgehead atoms. The third kappa shape index (κ3) is 3.41. The summed E-state index contributed by atoms with van der Waals surface area (Å²) in [6, 6.07) is 7.08. The van der Waals surface area contributed by atoms with Crippen LogP contribution in [0.3, 0.4) is 0 Å². The molecule has 88 valence electrons. The van der Waals surface area contributed by atoms with Gasteiger partial charge in [0, 0.05) is 0 Å². The Morgan fingerprint density at radius 2 is 2.06 bits per heavy atom. The van der Waals surface area contributed by atoms with Crippen LogP contribution < -0.4 is 9.46 Å². The molecule has 0 atom stereocenters. The number of sulfonamides is 1. The van der Waals surface area contributed by atoms with Crippen LogP contribution in [-0.2, 0) is 10.0 Å². The summed E-state index contributed by atoms with van der Waals surface area (Å²) in [5.41, 5.74) is 0.505. The number of anilines is 1. The molecule has 5 heteroatoms. The fraction of sp³-hybridized carbons (Fsp3) is 0.455. The van der Waals surface area contributed by atoms with E-state index in [1.165, 1.54) is 12.8 Å². The molecule has 1 saturated carbocycles. The molecule has 1 aromatic rings. The number of nitrogens with one attached hydrogen (secondary N) is 1. The highest BCUT2D eigenvalue weighted by atomic mass is 32.2. The Hall–Kier alpha value is -1.23. The third-order valence-electron chi connectivity index (χ3n) is 2.35. The van der Waals surface area contributed by atoms with Gasteiger partial charge in [-0.05, 0) is 30.9 Å². The average molecular weight is 241 g/mol. The van der Waals surface area contributed by atoms with Crippen molar-refractivity contribution in [2.45, 2.75) is 12.8 Å². The summed E-state index contributed by atoms with van der Waals surface area (Å²) >= 11 is 0. The van der Waals surface area contributed by atoms with Crippen molar-refractivity contribution >= 4 is 15.7 Å². The summed E-state index contributed by atoms with van der Waals surface area (Å²) < 4.78 is 30.3. The molecule has 0 heterocycles. The van der Waals surface area contributed by atoms with Gasteiger partial charge in [-0.15, -0.1) is 0 Å². The van der Waals surface area contributed by atoms with E-state index in [9.17, 15) is 8.42 Å². The summed E-state index contributed by atoms with van der Waals surface area (Å²) in [6.07, 6.45) is 3.55. The number of para-hydroxylation sites is 2. The van der Waals surface area contributed by atoms with Crippen LogP contribution in [-0.4, -0.2) is 21.3 Å². The molecule has 0 aliphatic heterocycles. The van der Waals surface area contributed by atoms with Gasteiger partial charge in [0.1, 0.15) is 5.75 Å². The minimum atomic E-state index is -3.25. The maximum atomic E-state index is 11.1. The van der Waals surface area contributed by atoms with E-state index >= 15 is 0 Å². The van der Waals surface area contributed by atoms with E-state index < -0.39 is 10.0 Å². The molecule has 0 unspecified atom stereocenters. The molecule has 0 spiro atoms. The van der Waals surface area contributed by atoms with Crippen LogP contribution in [0.4, 0.5) is 5.69 Å². The second-order valence-corrected chi connectivity index (χ2v) is 5.87. The van der Waals surface area contributed by atoms with E-state index in [0.717, 1.165) is 6.26 Å². The summed E-state index contributed by atoms with van der Waals surface area (Å²) in [7, 11) is -3.25. The molecule has 1 fully saturated rings. The summed E-state index contributed by atoms with van der Waals surface area (Å²) in [4.78, 5) is 0. The summed E-state index contributed by atoms with van der Waals surface area (Å²) in [5, 5.41) is 0. The van der Waals surface area contributed by atoms with Gasteiger partial charge in [-0.2, -0.15) is 0 Å². The van der Waals surface area contributed by atoms with E-state index in [-0.39, 0.29) is 0 Å². The zero-order valence-electron chi connectivity index (χ0n) is 9.14. The predicted molar refractivity (Wildman–Crippen MR) is 63.1 cm³/mol. The Balaban J connectivity index is 2.09. The highest BCUT2D eigenvalue weighted by Gasteiger charge is 2.22. The number of hydrogen-bond donors (Lipinski definition) is 1. The van der Waals surface area contributed by atoms with Crippen LogP contribution in [0.15, 0.2) is 24.3 Å². The fourth-order valence-electron chi connectivity index (χ4n) is 1.37. The Bertz CT molecular complexity index is 466. The van der Waals surface area contributed by atoms with Gasteiger partial charge in [0.15, 0.2) is 0 Å². The van der Waals surface area contributed by atoms with Crippen molar-refractivity contribution in [3.63, 3.8) is 0 Å². The number of benzene rings is 1. The summed E-state index contributed by atoms with van der Waals surface area (Å²) in [5.74, 6) is 1.24. The van der Waals surface area contributed by atoms with Gasteiger partial charge in [0.25, 0.3) is 0 Å². The van der Waals surface area contributed by atoms with E-state index in [1.807, 2.05) is 6.07 Å². The largest absolute Gasteiger partial charge is 0.491 e. The first-order chi connectivity index (χ1) is 7.54. The SMILES string of the molecule is CS(=O)(=O)Nc1ccccc1OCC1CC1. The van der Waals surface area contributed by atoms with Crippen LogP contribution in [0.2, 0.25) is 0 Å². The van der Waals surface area contributed by atoms with Crippen LogP contribution in [0.1, 0.15) is 12.8 Å². The topological polar surface area (TPSA) is 55.4 Å². The monoisotopic (exact) mass is 241 g/mol. The molecule has 1 aliphatic carbocycles. The molecule has 1 aliphatic rings. The lowest BCUT2D eigenvalue weighted by Gasteiger charge is -2.11. The van der Waals surface area contributed by atoms with Crippen LogP contribution in [0.5, 0.6) is 5.75 Å². The van der Waals surface area contributed by atoms with Gasteiger partial charge in [-0.25, -0.2) is 8.42 Å². The van der Waals surface area contributed by atoms with Crippen LogP contribution in [0, 0.1) is 5.92 Å². The zero-order chi connectivity index (χ0) is 11.6. The second-order valence-electron chi connectivity index (χ2n) is 4.12. The van der Waals surface area contributed by atoms with Crippen molar-refractivity contribution in [1.82, 2.24) is 0 Å². The molecule has 2 rings (SSSR count). The van der Waals surface area contributed by atoms with Gasteiger partial charge in [0.05, 0.1) is 18.6 Å². The third-order valence-corrected chi connectivity index (χ3v) is 2.94. The average Bonchev–Trinajstić information content (AvgIpc) is 2.98. The molecule has 1 N–H and O–H groups in total. The van der Waals surface area contributed by atoms with Gasteiger partial charge >= 0.3 is 0 Å². The lowest BCUT2D eigenvalue weighted by molar-refractivity contribution is 0.301. The first-order valence-corrected chi connectivity index (χ1v) is 7.13. The Kier molecular flexibility index (Phi) is 3.05. The molecule has 16 heavy (non-hydrogen) atoms. The molecule has 0 amide bonds. The van der Waals surface area contributed by atoms with E-state index in [4.69, 9.17) is 4.74 Å². The predicted octanol–water partition coefficient (Wildman–Crippen LogP) is 1.85. The quantitative estimate of drug-likeness (QED) is 0.856.